The number of nitrogens with zero attached hydrogens (tertiary/aromatic N) is 1. The Bertz CT molecular complexity index is 860. The Labute approximate surface area is 179 Å². The van der Waals surface area contributed by atoms with Crippen LogP contribution in [0.5, 0.6) is 11.5 Å². The van der Waals surface area contributed by atoms with Gasteiger partial charge in [0.1, 0.15) is 13.2 Å². The molecule has 0 radical (unpaired) electrons. The summed E-state index contributed by atoms with van der Waals surface area (Å²) >= 11 is 7.46. The maximum Gasteiger partial charge on any atom is 0.243 e. The van der Waals surface area contributed by atoms with Gasteiger partial charge < -0.3 is 19.7 Å². The van der Waals surface area contributed by atoms with Crippen LogP contribution in [0.3, 0.4) is 0 Å². The number of amides is 2. The predicted octanol–water partition coefficient (Wildman–Crippen LogP) is 4.08. The smallest absolute Gasteiger partial charge is 0.243 e. The number of hydrogen-bond donors (Lipinski definition) is 1. The minimum atomic E-state index is -0.248. The van der Waals surface area contributed by atoms with E-state index < -0.39 is 0 Å². The van der Waals surface area contributed by atoms with E-state index in [1.807, 2.05) is 31.2 Å². The van der Waals surface area contributed by atoms with Crippen molar-refractivity contribution in [2.75, 3.05) is 37.4 Å². The van der Waals surface area contributed by atoms with Gasteiger partial charge in [-0.25, -0.2) is 0 Å². The highest BCUT2D eigenvalue weighted by atomic mass is 35.5. The van der Waals surface area contributed by atoms with Gasteiger partial charge in [0.15, 0.2) is 11.5 Å². The lowest BCUT2D eigenvalue weighted by molar-refractivity contribution is -0.134. The third-order valence-corrected chi connectivity index (χ3v) is 5.56. The molecule has 6 nitrogen and oxygen atoms in total. The molecule has 0 fully saturated rings. The highest BCUT2D eigenvalue weighted by Gasteiger charge is 2.17. The number of nitrogens with one attached hydrogen (secondary N) is 1. The van der Waals surface area contributed by atoms with Crippen LogP contribution in [0.15, 0.2) is 47.4 Å². The fraction of sp³-hybridized carbons (Fsp3) is 0.333. The molecule has 0 spiro atoms. The zero-order valence-corrected chi connectivity index (χ0v) is 17.7. The van der Waals surface area contributed by atoms with Crippen molar-refractivity contribution in [2.45, 2.75) is 18.2 Å². The van der Waals surface area contributed by atoms with Gasteiger partial charge in [-0.05, 0) is 43.3 Å². The van der Waals surface area contributed by atoms with Gasteiger partial charge in [-0.1, -0.05) is 11.6 Å². The van der Waals surface area contributed by atoms with Gasteiger partial charge in [0.25, 0.3) is 0 Å². The SMILES string of the molecule is CCN(CC(=O)Nc1ccc2c(c1)OCCO2)C(=O)CCSc1ccc(Cl)cc1. The topological polar surface area (TPSA) is 67.9 Å². The summed E-state index contributed by atoms with van der Waals surface area (Å²) in [6.45, 7) is 3.34. The molecule has 0 saturated carbocycles. The number of halogens is 1. The van der Waals surface area contributed by atoms with Crippen molar-refractivity contribution < 1.29 is 19.1 Å². The third kappa shape index (κ3) is 6.30. The van der Waals surface area contributed by atoms with Crippen LogP contribution in [0.1, 0.15) is 13.3 Å². The molecule has 1 aliphatic rings. The van der Waals surface area contributed by atoms with Gasteiger partial charge in [0, 0.05) is 40.4 Å². The molecule has 0 unspecified atom stereocenters. The summed E-state index contributed by atoms with van der Waals surface area (Å²) in [5.74, 6) is 1.61. The van der Waals surface area contributed by atoms with Crippen LogP contribution >= 0.6 is 23.4 Å². The van der Waals surface area contributed by atoms with Crippen LogP contribution in [0.25, 0.3) is 0 Å². The molecule has 0 aromatic heterocycles. The first-order valence-corrected chi connectivity index (χ1v) is 10.8. The van der Waals surface area contributed by atoms with E-state index in [9.17, 15) is 9.59 Å². The zero-order valence-electron chi connectivity index (χ0n) is 16.2. The lowest BCUT2D eigenvalue weighted by Gasteiger charge is -2.21. The largest absolute Gasteiger partial charge is 0.486 e. The van der Waals surface area contributed by atoms with Crippen molar-refractivity contribution in [3.63, 3.8) is 0 Å². The second-order valence-corrected chi connectivity index (χ2v) is 7.97. The second-order valence-electron chi connectivity index (χ2n) is 6.37. The van der Waals surface area contributed by atoms with Crippen molar-refractivity contribution in [3.8, 4) is 11.5 Å². The molecular formula is C21H23ClN2O4S. The normalized spacial score (nSPS) is 12.3. The number of benzene rings is 2. The van der Waals surface area contributed by atoms with Gasteiger partial charge in [0.05, 0.1) is 6.54 Å². The fourth-order valence-electron chi connectivity index (χ4n) is 2.82. The molecule has 2 amide bonds. The minimum Gasteiger partial charge on any atom is -0.486 e. The summed E-state index contributed by atoms with van der Waals surface area (Å²) in [4.78, 5) is 27.5. The first-order chi connectivity index (χ1) is 14.0. The Morgan fingerprint density at radius 3 is 2.55 bits per heavy atom. The number of carbonyl (C=O) groups excluding carboxylic acids is 2. The number of likely N-dealkylation sites (N-methyl/N-ethyl adjacent to an activating group) is 1. The third-order valence-electron chi connectivity index (χ3n) is 4.29. The van der Waals surface area contributed by atoms with E-state index in [0.717, 1.165) is 4.90 Å². The van der Waals surface area contributed by atoms with E-state index in [1.54, 1.807) is 34.9 Å². The molecule has 1 N–H and O–H groups in total. The summed E-state index contributed by atoms with van der Waals surface area (Å²) < 4.78 is 11.0. The van der Waals surface area contributed by atoms with Crippen molar-refractivity contribution in [1.29, 1.82) is 0 Å². The van der Waals surface area contributed by atoms with E-state index in [4.69, 9.17) is 21.1 Å². The van der Waals surface area contributed by atoms with Crippen molar-refractivity contribution in [2.24, 2.45) is 0 Å². The average molecular weight is 435 g/mol. The lowest BCUT2D eigenvalue weighted by atomic mass is 10.2. The number of hydrogen-bond acceptors (Lipinski definition) is 5. The number of fused-ring (bicyclic) bond motifs is 1. The van der Waals surface area contributed by atoms with Crippen LogP contribution in [0.2, 0.25) is 5.02 Å². The molecule has 8 heteroatoms. The van der Waals surface area contributed by atoms with Gasteiger partial charge in [-0.3, -0.25) is 9.59 Å². The van der Waals surface area contributed by atoms with E-state index in [2.05, 4.69) is 5.32 Å². The number of carbonyl (C=O) groups is 2. The second kappa shape index (κ2) is 10.4. The van der Waals surface area contributed by atoms with Gasteiger partial charge in [-0.2, -0.15) is 0 Å². The van der Waals surface area contributed by atoms with E-state index >= 15 is 0 Å². The highest BCUT2D eigenvalue weighted by Crippen LogP contribution is 2.32. The van der Waals surface area contributed by atoms with Crippen LogP contribution in [0, 0.1) is 0 Å². The highest BCUT2D eigenvalue weighted by molar-refractivity contribution is 7.99. The zero-order chi connectivity index (χ0) is 20.6. The molecule has 154 valence electrons. The summed E-state index contributed by atoms with van der Waals surface area (Å²) in [6.07, 6.45) is 0.360. The molecule has 2 aromatic rings. The summed E-state index contributed by atoms with van der Waals surface area (Å²) in [6, 6.07) is 12.8. The monoisotopic (exact) mass is 434 g/mol. The van der Waals surface area contributed by atoms with Crippen LogP contribution in [-0.2, 0) is 9.59 Å². The first kappa shape index (κ1) is 21.3. The number of rotatable bonds is 8. The molecule has 0 bridgehead atoms. The molecule has 1 heterocycles. The Morgan fingerprint density at radius 2 is 1.83 bits per heavy atom. The fourth-order valence-corrected chi connectivity index (χ4v) is 3.78. The standard InChI is InChI=1S/C21H23ClN2O4S/c1-2-24(21(26)9-12-29-17-6-3-15(22)4-7-17)14-20(25)23-16-5-8-18-19(13-16)28-11-10-27-18/h3-8,13H,2,9-12,14H2,1H3,(H,23,25). The minimum absolute atomic E-state index is 0.00931. The molecule has 1 aliphatic heterocycles. The Balaban J connectivity index is 1.47. The number of ether oxygens (including phenoxy) is 2. The Kier molecular flexibility index (Phi) is 7.66. The quantitative estimate of drug-likeness (QED) is 0.634. The van der Waals surface area contributed by atoms with Gasteiger partial charge >= 0.3 is 0 Å². The predicted molar refractivity (Wildman–Crippen MR) is 115 cm³/mol. The van der Waals surface area contributed by atoms with Crippen LogP contribution < -0.4 is 14.8 Å². The lowest BCUT2D eigenvalue weighted by Crippen LogP contribution is -2.38. The number of anilines is 1. The molecule has 0 atom stereocenters. The van der Waals surface area contributed by atoms with E-state index in [1.165, 1.54) is 0 Å². The average Bonchev–Trinajstić information content (AvgIpc) is 2.73. The summed E-state index contributed by atoms with van der Waals surface area (Å²) in [5.41, 5.74) is 0.612. The first-order valence-electron chi connectivity index (χ1n) is 9.41. The van der Waals surface area contributed by atoms with E-state index in [0.29, 0.717) is 54.1 Å². The van der Waals surface area contributed by atoms with Crippen molar-refractivity contribution in [1.82, 2.24) is 4.90 Å². The Morgan fingerprint density at radius 1 is 1.10 bits per heavy atom. The van der Waals surface area contributed by atoms with Crippen LogP contribution in [-0.4, -0.2) is 48.8 Å². The molecule has 0 aliphatic carbocycles. The maximum atomic E-state index is 12.5. The van der Waals surface area contributed by atoms with Gasteiger partial charge in [0.2, 0.25) is 11.8 Å². The molecule has 3 rings (SSSR count). The molecule has 0 saturated heterocycles. The molecule has 2 aromatic carbocycles. The van der Waals surface area contributed by atoms with Crippen LogP contribution in [0.4, 0.5) is 5.69 Å². The maximum absolute atomic E-state index is 12.5. The summed E-state index contributed by atoms with van der Waals surface area (Å²) in [7, 11) is 0. The Hall–Kier alpha value is -2.38. The summed E-state index contributed by atoms with van der Waals surface area (Å²) in [5, 5.41) is 3.50. The van der Waals surface area contributed by atoms with Gasteiger partial charge in [-0.15, -0.1) is 11.8 Å². The molecule has 29 heavy (non-hydrogen) atoms. The van der Waals surface area contributed by atoms with Crippen molar-refractivity contribution in [3.05, 3.63) is 47.5 Å². The molecular weight excluding hydrogens is 412 g/mol. The van der Waals surface area contributed by atoms with E-state index in [-0.39, 0.29) is 18.4 Å². The number of thioether (sulfide) groups is 1. The van der Waals surface area contributed by atoms with Crippen molar-refractivity contribution >= 4 is 40.9 Å².